The zero-order chi connectivity index (χ0) is 13.7. The Morgan fingerprint density at radius 2 is 2.21 bits per heavy atom. The number of nitrogen functional groups attached to an aromatic ring is 1. The lowest BCUT2D eigenvalue weighted by Gasteiger charge is -2.24. The zero-order valence-electron chi connectivity index (χ0n) is 11.7. The fourth-order valence-electron chi connectivity index (χ4n) is 3.03. The molecule has 2 rings (SSSR count). The highest BCUT2D eigenvalue weighted by molar-refractivity contribution is 5.73. The highest BCUT2D eigenvalue weighted by Crippen LogP contribution is 2.30. The molecule has 1 unspecified atom stereocenters. The van der Waals surface area contributed by atoms with E-state index < -0.39 is 0 Å². The number of para-hydroxylation sites is 1. The van der Waals surface area contributed by atoms with Gasteiger partial charge in [-0.25, -0.2) is 0 Å². The number of nitrogens with two attached hydrogens (primary N) is 1. The Kier molecular flexibility index (Phi) is 4.68. The summed E-state index contributed by atoms with van der Waals surface area (Å²) in [6.45, 7) is 4.38. The van der Waals surface area contributed by atoms with Gasteiger partial charge in [0.15, 0.2) is 0 Å². The highest BCUT2D eigenvalue weighted by Gasteiger charge is 2.18. The average molecular weight is 257 g/mol. The molecule has 0 bridgehead atoms. The monoisotopic (exact) mass is 257 g/mol. The van der Waals surface area contributed by atoms with Crippen molar-refractivity contribution in [1.29, 1.82) is 5.26 Å². The van der Waals surface area contributed by atoms with Crippen LogP contribution in [0.4, 0.5) is 11.4 Å². The Labute approximate surface area is 116 Å². The van der Waals surface area contributed by atoms with Crippen molar-refractivity contribution in [2.24, 2.45) is 5.92 Å². The summed E-state index contributed by atoms with van der Waals surface area (Å²) < 4.78 is 0. The first-order valence-electron chi connectivity index (χ1n) is 7.29. The van der Waals surface area contributed by atoms with E-state index >= 15 is 0 Å². The molecule has 1 aromatic rings. The first kappa shape index (κ1) is 13.7. The van der Waals surface area contributed by atoms with Crippen molar-refractivity contribution in [2.45, 2.75) is 39.0 Å². The molecule has 102 valence electrons. The summed E-state index contributed by atoms with van der Waals surface area (Å²) in [6.07, 6.45) is 6.39. The summed E-state index contributed by atoms with van der Waals surface area (Å²) in [7, 11) is 0. The van der Waals surface area contributed by atoms with Gasteiger partial charge in [0.25, 0.3) is 0 Å². The molecule has 3 nitrogen and oxygen atoms in total. The van der Waals surface area contributed by atoms with Crippen molar-refractivity contribution in [3.05, 3.63) is 23.8 Å². The molecule has 0 radical (unpaired) electrons. The van der Waals surface area contributed by atoms with Crippen LogP contribution >= 0.6 is 0 Å². The van der Waals surface area contributed by atoms with Crippen molar-refractivity contribution >= 4 is 11.4 Å². The van der Waals surface area contributed by atoms with Crippen LogP contribution in [0.5, 0.6) is 0 Å². The molecule has 1 aliphatic rings. The minimum Gasteiger partial charge on any atom is -0.396 e. The van der Waals surface area contributed by atoms with Crippen molar-refractivity contribution in [2.75, 3.05) is 23.7 Å². The summed E-state index contributed by atoms with van der Waals surface area (Å²) in [5.74, 6) is 0.857. The van der Waals surface area contributed by atoms with Gasteiger partial charge < -0.3 is 10.6 Å². The van der Waals surface area contributed by atoms with Gasteiger partial charge in [0.1, 0.15) is 6.07 Å². The van der Waals surface area contributed by atoms with Crippen molar-refractivity contribution in [1.82, 2.24) is 0 Å². The van der Waals surface area contributed by atoms with Gasteiger partial charge in [-0.15, -0.1) is 0 Å². The SMILES string of the molecule is CCCC1CCCN(c2cccc(C#N)c2N)CC1. The zero-order valence-corrected chi connectivity index (χ0v) is 11.7. The number of rotatable bonds is 3. The van der Waals surface area contributed by atoms with E-state index in [4.69, 9.17) is 11.0 Å². The third-order valence-electron chi connectivity index (χ3n) is 4.09. The van der Waals surface area contributed by atoms with Crippen LogP contribution in [0.3, 0.4) is 0 Å². The van der Waals surface area contributed by atoms with E-state index in [-0.39, 0.29) is 0 Å². The van der Waals surface area contributed by atoms with Crippen LogP contribution in [-0.2, 0) is 0 Å². The molecular formula is C16H23N3. The number of hydrogen-bond acceptors (Lipinski definition) is 3. The van der Waals surface area contributed by atoms with E-state index in [1.807, 2.05) is 12.1 Å². The summed E-state index contributed by atoms with van der Waals surface area (Å²) in [5.41, 5.74) is 8.37. The number of hydrogen-bond donors (Lipinski definition) is 1. The highest BCUT2D eigenvalue weighted by atomic mass is 15.1. The minimum absolute atomic E-state index is 0.590. The second kappa shape index (κ2) is 6.47. The Bertz CT molecular complexity index is 462. The number of nitriles is 1. The molecule has 0 amide bonds. The van der Waals surface area contributed by atoms with Gasteiger partial charge in [0, 0.05) is 13.1 Å². The Morgan fingerprint density at radius 1 is 1.37 bits per heavy atom. The fraction of sp³-hybridized carbons (Fsp3) is 0.562. The average Bonchev–Trinajstić information content (AvgIpc) is 2.65. The first-order chi connectivity index (χ1) is 9.26. The fourth-order valence-corrected chi connectivity index (χ4v) is 3.03. The summed E-state index contributed by atoms with van der Waals surface area (Å²) in [4.78, 5) is 2.35. The van der Waals surface area contributed by atoms with Gasteiger partial charge in [0.2, 0.25) is 0 Å². The minimum atomic E-state index is 0.590. The van der Waals surface area contributed by atoms with E-state index in [1.54, 1.807) is 6.07 Å². The second-order valence-corrected chi connectivity index (χ2v) is 5.42. The lowest BCUT2D eigenvalue weighted by Crippen LogP contribution is -2.25. The molecular weight excluding hydrogens is 234 g/mol. The van der Waals surface area contributed by atoms with Crippen LogP contribution in [0.1, 0.15) is 44.6 Å². The molecule has 2 N–H and O–H groups in total. The molecule has 0 spiro atoms. The molecule has 0 aliphatic carbocycles. The van der Waals surface area contributed by atoms with E-state index in [2.05, 4.69) is 17.9 Å². The molecule has 1 atom stereocenters. The van der Waals surface area contributed by atoms with Gasteiger partial charge in [-0.05, 0) is 37.3 Å². The Balaban J connectivity index is 2.12. The van der Waals surface area contributed by atoms with E-state index in [0.29, 0.717) is 11.3 Å². The van der Waals surface area contributed by atoms with Gasteiger partial charge in [-0.3, -0.25) is 0 Å². The van der Waals surface area contributed by atoms with Crippen LogP contribution in [0.25, 0.3) is 0 Å². The molecule has 3 heteroatoms. The molecule has 1 fully saturated rings. The Hall–Kier alpha value is -1.69. The maximum Gasteiger partial charge on any atom is 0.101 e. The second-order valence-electron chi connectivity index (χ2n) is 5.42. The normalized spacial score (nSPS) is 19.8. The van der Waals surface area contributed by atoms with Crippen molar-refractivity contribution in [3.63, 3.8) is 0 Å². The van der Waals surface area contributed by atoms with Gasteiger partial charge in [-0.2, -0.15) is 5.26 Å². The standard InChI is InChI=1S/C16H23N3/c1-2-5-13-6-4-10-19(11-9-13)15-8-3-7-14(12-17)16(15)18/h3,7-8,13H,2,4-6,9-11,18H2,1H3. The van der Waals surface area contributed by atoms with Gasteiger partial charge >= 0.3 is 0 Å². The molecule has 1 aliphatic heterocycles. The van der Waals surface area contributed by atoms with E-state index in [0.717, 1.165) is 24.7 Å². The van der Waals surface area contributed by atoms with E-state index in [1.165, 1.54) is 32.1 Å². The topological polar surface area (TPSA) is 53.0 Å². The van der Waals surface area contributed by atoms with Crippen LogP contribution in [-0.4, -0.2) is 13.1 Å². The molecule has 1 saturated heterocycles. The predicted molar refractivity (Wildman–Crippen MR) is 80.0 cm³/mol. The van der Waals surface area contributed by atoms with Crippen LogP contribution in [0.15, 0.2) is 18.2 Å². The van der Waals surface area contributed by atoms with Crippen LogP contribution in [0.2, 0.25) is 0 Å². The summed E-state index contributed by atoms with van der Waals surface area (Å²) in [5, 5.41) is 9.06. The third kappa shape index (κ3) is 3.20. The molecule has 0 saturated carbocycles. The molecule has 0 aromatic heterocycles. The predicted octanol–water partition coefficient (Wildman–Crippen LogP) is 3.55. The maximum atomic E-state index is 9.06. The van der Waals surface area contributed by atoms with E-state index in [9.17, 15) is 0 Å². The maximum absolute atomic E-state index is 9.06. The van der Waals surface area contributed by atoms with Gasteiger partial charge in [0.05, 0.1) is 16.9 Å². The van der Waals surface area contributed by atoms with Crippen LogP contribution < -0.4 is 10.6 Å². The van der Waals surface area contributed by atoms with Gasteiger partial charge in [-0.1, -0.05) is 25.8 Å². The quantitative estimate of drug-likeness (QED) is 0.842. The van der Waals surface area contributed by atoms with Crippen molar-refractivity contribution in [3.8, 4) is 6.07 Å². The largest absolute Gasteiger partial charge is 0.396 e. The number of benzene rings is 1. The lowest BCUT2D eigenvalue weighted by molar-refractivity contribution is 0.435. The lowest BCUT2D eigenvalue weighted by atomic mass is 9.96. The Morgan fingerprint density at radius 3 is 2.95 bits per heavy atom. The summed E-state index contributed by atoms with van der Waals surface area (Å²) in [6, 6.07) is 7.92. The van der Waals surface area contributed by atoms with Crippen LogP contribution in [0, 0.1) is 17.2 Å². The summed E-state index contributed by atoms with van der Waals surface area (Å²) >= 11 is 0. The number of anilines is 2. The third-order valence-corrected chi connectivity index (χ3v) is 4.09. The molecule has 19 heavy (non-hydrogen) atoms. The molecule has 1 heterocycles. The first-order valence-corrected chi connectivity index (χ1v) is 7.29. The van der Waals surface area contributed by atoms with Crippen molar-refractivity contribution < 1.29 is 0 Å². The smallest absolute Gasteiger partial charge is 0.101 e. The number of nitrogens with zero attached hydrogens (tertiary/aromatic N) is 2. The molecule has 1 aromatic carbocycles.